The van der Waals surface area contributed by atoms with E-state index in [1.807, 2.05) is 20.8 Å². The Kier molecular flexibility index (Phi) is 14.3. The molecule has 0 saturated carbocycles. The van der Waals surface area contributed by atoms with Crippen LogP contribution in [-0.4, -0.2) is 110 Å². The number of hydrogen-bond acceptors (Lipinski definition) is 12. The van der Waals surface area contributed by atoms with Crippen molar-refractivity contribution in [2.75, 3.05) is 69.2 Å². The lowest BCUT2D eigenvalue weighted by molar-refractivity contribution is -0.384. The summed E-state index contributed by atoms with van der Waals surface area (Å²) in [7, 11) is -4.68. The monoisotopic (exact) mass is 1000 g/mol. The molecule has 3 aliphatic rings. The molecule has 2 fully saturated rings. The minimum absolute atomic E-state index is 0.00106. The number of rotatable bonds is 13. The number of ether oxygens (including phenoxy) is 2. The molecule has 2 amide bonds. The minimum atomic E-state index is -4.68. The highest BCUT2D eigenvalue weighted by molar-refractivity contribution is 7.90. The van der Waals surface area contributed by atoms with Gasteiger partial charge in [-0.15, -0.1) is 0 Å². The standard InChI is InChI=1S/C51H59F3N8O8S/c1-32-23-35(51(52,53)54)7-10-40(32)42-27-50(5,6)15-13-34(42)30-59-17-19-60(20-18-59)36-8-11-41(45(25-36)70-37-24-33-14-16-55-46(33)57-28-37)47(63)58-71(67,68)39-9-12-43(44(26-39)62(65)66)56-29-38-31-61(21-22-69-38)48(64)49(2,3)4/h7-12,14,16,23-26,28,38,56H,13,15,17-22,27,29-31H2,1-6H3,(H,55,57)(H,58,63). The van der Waals surface area contributed by atoms with Crippen molar-refractivity contribution in [3.05, 3.63) is 117 Å². The Balaban J connectivity index is 0.988. The van der Waals surface area contributed by atoms with Crippen LogP contribution in [-0.2, 0) is 25.7 Å². The lowest BCUT2D eigenvalue weighted by Gasteiger charge is -2.39. The largest absolute Gasteiger partial charge is 0.455 e. The van der Waals surface area contributed by atoms with Crippen LogP contribution >= 0.6 is 0 Å². The second-order valence-electron chi connectivity index (χ2n) is 20.3. The molecule has 2 aromatic heterocycles. The van der Waals surface area contributed by atoms with Crippen LogP contribution in [0.3, 0.4) is 0 Å². The number of carbonyl (C=O) groups excluding carboxylic acids is 2. The number of nitrogens with zero attached hydrogens (tertiary/aromatic N) is 5. The number of aromatic amines is 1. The van der Waals surface area contributed by atoms with Gasteiger partial charge in [0.2, 0.25) is 5.91 Å². The number of allylic oxidation sites excluding steroid dienone is 1. The fraction of sp³-hybridized carbons (Fsp3) is 0.431. The number of halogens is 3. The van der Waals surface area contributed by atoms with Gasteiger partial charge in [-0.3, -0.25) is 24.6 Å². The molecule has 8 rings (SSSR count). The number of alkyl halides is 3. The summed E-state index contributed by atoms with van der Waals surface area (Å²) in [5.41, 5.74) is 3.20. The number of hydrogen-bond donors (Lipinski definition) is 3. The van der Waals surface area contributed by atoms with Gasteiger partial charge < -0.3 is 29.6 Å². The number of benzene rings is 3. The summed E-state index contributed by atoms with van der Waals surface area (Å²) in [6.07, 6.45) is 0.848. The van der Waals surface area contributed by atoms with Crippen molar-refractivity contribution in [3.8, 4) is 11.5 Å². The molecular weight excluding hydrogens is 942 g/mol. The molecule has 1 unspecified atom stereocenters. The minimum Gasteiger partial charge on any atom is -0.455 e. The van der Waals surface area contributed by atoms with Gasteiger partial charge in [-0.05, 0) is 96.8 Å². The van der Waals surface area contributed by atoms with E-state index in [0.717, 1.165) is 47.9 Å². The first-order valence-corrected chi connectivity index (χ1v) is 25.0. The molecule has 71 heavy (non-hydrogen) atoms. The number of fused-ring (bicyclic) bond motifs is 1. The predicted octanol–water partition coefficient (Wildman–Crippen LogP) is 9.18. The number of H-pyrrole nitrogens is 1. The van der Waals surface area contributed by atoms with Crippen LogP contribution in [0.1, 0.15) is 80.9 Å². The Morgan fingerprint density at radius 3 is 2.46 bits per heavy atom. The number of amides is 2. The molecule has 20 heteroatoms. The lowest BCUT2D eigenvalue weighted by atomic mass is 9.72. The van der Waals surface area contributed by atoms with Crippen LogP contribution < -0.4 is 19.7 Å². The third kappa shape index (κ3) is 11.8. The molecule has 1 atom stereocenters. The van der Waals surface area contributed by atoms with Gasteiger partial charge in [0.25, 0.3) is 21.6 Å². The number of nitro groups is 1. The molecule has 378 valence electrons. The van der Waals surface area contributed by atoms with Gasteiger partial charge in [-0.25, -0.2) is 18.1 Å². The second kappa shape index (κ2) is 19.9. The third-order valence-corrected chi connectivity index (χ3v) is 14.6. The number of sulfonamides is 1. The normalized spacial score (nSPS) is 18.1. The Morgan fingerprint density at radius 1 is 1.00 bits per heavy atom. The average Bonchev–Trinajstić information content (AvgIpc) is 3.79. The van der Waals surface area contributed by atoms with Crippen molar-refractivity contribution < 1.29 is 45.6 Å². The Morgan fingerprint density at radius 2 is 1.76 bits per heavy atom. The summed E-state index contributed by atoms with van der Waals surface area (Å²) in [4.78, 5) is 51.5. The Labute approximate surface area is 410 Å². The summed E-state index contributed by atoms with van der Waals surface area (Å²) in [5, 5.41) is 16.0. The third-order valence-electron chi connectivity index (χ3n) is 13.3. The Hall–Kier alpha value is -6.51. The van der Waals surface area contributed by atoms with Crippen molar-refractivity contribution >= 4 is 55.5 Å². The van der Waals surface area contributed by atoms with Crippen LogP contribution in [0.25, 0.3) is 16.6 Å². The molecule has 2 saturated heterocycles. The lowest BCUT2D eigenvalue weighted by Crippen LogP contribution is -2.51. The molecule has 5 aromatic rings. The average molecular weight is 1000 g/mol. The fourth-order valence-corrected chi connectivity index (χ4v) is 10.4. The van der Waals surface area contributed by atoms with E-state index in [1.54, 1.807) is 48.4 Å². The zero-order valence-electron chi connectivity index (χ0n) is 40.6. The molecular formula is C51H59F3N8O8S. The topological polar surface area (TPSA) is 192 Å². The molecule has 2 aliphatic heterocycles. The maximum Gasteiger partial charge on any atom is 0.416 e. The predicted molar refractivity (Wildman–Crippen MR) is 264 cm³/mol. The van der Waals surface area contributed by atoms with Crippen molar-refractivity contribution in [3.63, 3.8) is 0 Å². The number of aromatic nitrogens is 2. The zero-order chi connectivity index (χ0) is 51.0. The maximum absolute atomic E-state index is 14.0. The summed E-state index contributed by atoms with van der Waals surface area (Å²) in [5.74, 6) is -0.761. The van der Waals surface area contributed by atoms with E-state index in [2.05, 4.69) is 43.7 Å². The summed E-state index contributed by atoms with van der Waals surface area (Å²) >= 11 is 0. The number of morpholine rings is 1. The first kappa shape index (κ1) is 50.9. The molecule has 0 spiro atoms. The van der Waals surface area contributed by atoms with Gasteiger partial charge in [0.1, 0.15) is 22.8 Å². The number of nitro benzene ring substituents is 1. The number of nitrogens with one attached hydrogen (secondary N) is 3. The van der Waals surface area contributed by atoms with Crippen molar-refractivity contribution in [2.45, 2.75) is 78.0 Å². The first-order chi connectivity index (χ1) is 33.4. The Bertz CT molecular complexity index is 3000. The number of carbonyl (C=O) groups is 2. The van der Waals surface area contributed by atoms with E-state index in [9.17, 15) is 41.3 Å². The molecule has 3 N–H and O–H groups in total. The smallest absolute Gasteiger partial charge is 0.416 e. The van der Waals surface area contributed by atoms with Gasteiger partial charge in [0, 0.05) is 87.2 Å². The SMILES string of the molecule is Cc1cc(C(F)(F)F)ccc1C1=C(CN2CCN(c3ccc(C(=O)NS(=O)(=O)c4ccc(NCC5CN(C(=O)C(C)(C)C)CCO5)c([N+](=O)[O-])c4)c(Oc4cnc5[nH]ccc5c4)c3)CC2)CCC(C)(C)C1. The van der Waals surface area contributed by atoms with Crippen LogP contribution in [0.4, 0.5) is 30.2 Å². The summed E-state index contributed by atoms with van der Waals surface area (Å²) in [6, 6.07) is 15.6. The van der Waals surface area contributed by atoms with E-state index < -0.39 is 54.7 Å². The van der Waals surface area contributed by atoms with Crippen molar-refractivity contribution in [1.82, 2.24) is 24.5 Å². The van der Waals surface area contributed by atoms with E-state index >= 15 is 0 Å². The van der Waals surface area contributed by atoms with Gasteiger partial charge in [0.05, 0.1) is 39.9 Å². The van der Waals surface area contributed by atoms with Gasteiger partial charge in [0.15, 0.2) is 0 Å². The van der Waals surface area contributed by atoms with E-state index in [0.29, 0.717) is 56.2 Å². The number of piperazine rings is 1. The zero-order valence-corrected chi connectivity index (χ0v) is 41.4. The van der Waals surface area contributed by atoms with Crippen LogP contribution in [0.5, 0.6) is 11.5 Å². The van der Waals surface area contributed by atoms with Crippen LogP contribution in [0.2, 0.25) is 0 Å². The second-order valence-corrected chi connectivity index (χ2v) is 22.0. The first-order valence-electron chi connectivity index (χ1n) is 23.6. The quantitative estimate of drug-likeness (QED) is 0.0750. The van der Waals surface area contributed by atoms with Gasteiger partial charge >= 0.3 is 6.18 Å². The van der Waals surface area contributed by atoms with E-state index in [4.69, 9.17) is 9.47 Å². The molecule has 0 radical (unpaired) electrons. The molecule has 3 aromatic carbocycles. The maximum atomic E-state index is 14.0. The highest BCUT2D eigenvalue weighted by Crippen LogP contribution is 2.45. The van der Waals surface area contributed by atoms with Crippen molar-refractivity contribution in [1.29, 1.82) is 0 Å². The number of pyridine rings is 1. The number of anilines is 2. The highest BCUT2D eigenvalue weighted by atomic mass is 32.2. The molecule has 0 bridgehead atoms. The van der Waals surface area contributed by atoms with Crippen LogP contribution in [0.15, 0.2) is 89.6 Å². The molecule has 1 aliphatic carbocycles. The van der Waals surface area contributed by atoms with E-state index in [-0.39, 0.29) is 53.8 Å². The fourth-order valence-electron chi connectivity index (χ4n) is 9.43. The molecule has 16 nitrogen and oxygen atoms in total. The highest BCUT2D eigenvalue weighted by Gasteiger charge is 2.35. The summed E-state index contributed by atoms with van der Waals surface area (Å²) < 4.78 is 82.5. The van der Waals surface area contributed by atoms with Crippen LogP contribution in [0, 0.1) is 27.9 Å². The molecule has 4 heterocycles. The van der Waals surface area contributed by atoms with Gasteiger partial charge in [-0.1, -0.05) is 46.3 Å². The number of aryl methyl sites for hydroxylation is 1. The van der Waals surface area contributed by atoms with E-state index in [1.165, 1.54) is 36.0 Å². The summed E-state index contributed by atoms with van der Waals surface area (Å²) in [6.45, 7) is 15.9. The van der Waals surface area contributed by atoms with Crippen molar-refractivity contribution in [2.24, 2.45) is 10.8 Å². The van der Waals surface area contributed by atoms with Gasteiger partial charge in [-0.2, -0.15) is 13.2 Å².